The quantitative estimate of drug-likeness (QED) is 0.442. The van der Waals surface area contributed by atoms with Crippen molar-refractivity contribution in [2.24, 2.45) is 0 Å². The minimum Gasteiger partial charge on any atom is -0.322 e. The second-order valence-electron chi connectivity index (χ2n) is 9.61. The van der Waals surface area contributed by atoms with Crippen LogP contribution in [0.15, 0.2) is 41.3 Å². The van der Waals surface area contributed by atoms with Gasteiger partial charge in [-0.3, -0.25) is 19.7 Å². The summed E-state index contributed by atoms with van der Waals surface area (Å²) in [6, 6.07) is 10.9. The number of nitrogens with one attached hydrogen (secondary N) is 2. The predicted octanol–water partition coefficient (Wildman–Crippen LogP) is 4.30. The lowest BCUT2D eigenvalue weighted by Crippen LogP contribution is -2.52. The summed E-state index contributed by atoms with van der Waals surface area (Å²) >= 11 is 1.50. The normalized spacial score (nSPS) is 20.8. The summed E-state index contributed by atoms with van der Waals surface area (Å²) in [6.45, 7) is 0.997. The third-order valence-corrected chi connectivity index (χ3v) is 8.39. The summed E-state index contributed by atoms with van der Waals surface area (Å²) in [5, 5.41) is 5.89. The molecule has 8 heteroatoms. The number of piperidine rings is 1. The first-order chi connectivity index (χ1) is 17.0. The van der Waals surface area contributed by atoms with Crippen LogP contribution in [0.3, 0.4) is 0 Å². The van der Waals surface area contributed by atoms with Crippen LogP contribution in [0.2, 0.25) is 0 Å². The number of hydrogen-bond donors (Lipinski definition) is 2. The first-order valence-electron chi connectivity index (χ1n) is 12.4. The Hall–Kier alpha value is -2.71. The molecule has 1 saturated heterocycles. The van der Waals surface area contributed by atoms with Crippen LogP contribution in [0.25, 0.3) is 0 Å². The van der Waals surface area contributed by atoms with E-state index < -0.39 is 11.9 Å². The van der Waals surface area contributed by atoms with E-state index in [9.17, 15) is 18.8 Å². The number of thioether (sulfide) groups is 1. The largest absolute Gasteiger partial charge is 0.322 e. The molecule has 0 spiro atoms. The van der Waals surface area contributed by atoms with Gasteiger partial charge in [-0.25, -0.2) is 4.39 Å². The van der Waals surface area contributed by atoms with Gasteiger partial charge in [-0.1, -0.05) is 37.5 Å². The van der Waals surface area contributed by atoms with Gasteiger partial charge in [0, 0.05) is 41.8 Å². The predicted molar refractivity (Wildman–Crippen MR) is 132 cm³/mol. The molecule has 35 heavy (non-hydrogen) atoms. The van der Waals surface area contributed by atoms with Gasteiger partial charge in [-0.2, -0.15) is 0 Å². The van der Waals surface area contributed by atoms with E-state index in [1.807, 2.05) is 24.3 Å². The number of carbonyl (C=O) groups excluding carboxylic acids is 3. The van der Waals surface area contributed by atoms with Crippen molar-refractivity contribution in [2.75, 3.05) is 0 Å². The van der Waals surface area contributed by atoms with Crippen LogP contribution in [-0.4, -0.2) is 34.7 Å². The van der Waals surface area contributed by atoms with Gasteiger partial charge in [0.05, 0.1) is 0 Å². The van der Waals surface area contributed by atoms with Crippen molar-refractivity contribution >= 4 is 29.5 Å². The second-order valence-corrected chi connectivity index (χ2v) is 10.6. The third kappa shape index (κ3) is 5.28. The highest BCUT2D eigenvalue weighted by molar-refractivity contribution is 7.98. The molecular formula is C27H30FN3O3S. The average molecular weight is 496 g/mol. The molecule has 1 atom stereocenters. The van der Waals surface area contributed by atoms with E-state index in [0.29, 0.717) is 42.4 Å². The maximum atomic E-state index is 14.9. The van der Waals surface area contributed by atoms with Gasteiger partial charge in [0.25, 0.3) is 5.91 Å². The van der Waals surface area contributed by atoms with E-state index in [1.54, 1.807) is 17.0 Å². The molecule has 3 amide bonds. The highest BCUT2D eigenvalue weighted by Crippen LogP contribution is 2.36. The number of rotatable bonds is 7. The number of carbonyl (C=O) groups is 3. The van der Waals surface area contributed by atoms with Gasteiger partial charge >= 0.3 is 0 Å². The lowest BCUT2D eigenvalue weighted by molar-refractivity contribution is -0.136. The minimum atomic E-state index is -0.641. The van der Waals surface area contributed by atoms with Gasteiger partial charge in [-0.15, -0.1) is 11.8 Å². The zero-order valence-electron chi connectivity index (χ0n) is 19.6. The average Bonchev–Trinajstić information content (AvgIpc) is 3.19. The Labute approximate surface area is 209 Å². The molecule has 2 N–H and O–H groups in total. The molecule has 0 radical (unpaired) electrons. The number of amides is 3. The van der Waals surface area contributed by atoms with Crippen molar-refractivity contribution in [3.8, 4) is 0 Å². The molecule has 184 valence electrons. The molecule has 1 aliphatic carbocycles. The molecule has 3 aliphatic rings. The van der Waals surface area contributed by atoms with Gasteiger partial charge in [0.1, 0.15) is 11.9 Å². The van der Waals surface area contributed by atoms with Crippen LogP contribution >= 0.6 is 11.8 Å². The fourth-order valence-corrected chi connectivity index (χ4v) is 6.30. The number of hydrogen-bond acceptors (Lipinski definition) is 5. The van der Waals surface area contributed by atoms with E-state index >= 15 is 0 Å². The number of imide groups is 1. The summed E-state index contributed by atoms with van der Waals surface area (Å²) in [4.78, 5) is 39.3. The summed E-state index contributed by atoms with van der Waals surface area (Å²) in [6.07, 6.45) is 6.80. The molecule has 6 nitrogen and oxygen atoms in total. The number of nitrogens with zero attached hydrogens (tertiary/aromatic N) is 1. The number of benzene rings is 2. The molecule has 2 aromatic rings. The SMILES string of the molecule is O=C1CCC(N2Cc3c(SCc4ccc(CNC5CCCCC5)cc4F)cccc3C2=O)C(=O)N1. The fourth-order valence-electron chi connectivity index (χ4n) is 5.23. The van der Waals surface area contributed by atoms with Crippen molar-refractivity contribution < 1.29 is 18.8 Å². The maximum Gasteiger partial charge on any atom is 0.255 e. The lowest BCUT2D eigenvalue weighted by Gasteiger charge is -2.29. The number of halogens is 1. The van der Waals surface area contributed by atoms with E-state index in [0.717, 1.165) is 16.0 Å². The van der Waals surface area contributed by atoms with Crippen LogP contribution < -0.4 is 10.6 Å². The number of fused-ring (bicyclic) bond motifs is 1. The first kappa shape index (κ1) is 24.0. The Morgan fingerprint density at radius 2 is 1.89 bits per heavy atom. The molecule has 5 rings (SSSR count). The maximum absolute atomic E-state index is 14.9. The van der Waals surface area contributed by atoms with Crippen molar-refractivity contribution in [1.82, 2.24) is 15.5 Å². The summed E-state index contributed by atoms with van der Waals surface area (Å²) in [7, 11) is 0. The highest BCUT2D eigenvalue weighted by atomic mass is 32.2. The minimum absolute atomic E-state index is 0.196. The summed E-state index contributed by atoms with van der Waals surface area (Å²) in [5.74, 6) is -0.681. The Kier molecular flexibility index (Phi) is 7.20. The van der Waals surface area contributed by atoms with Gasteiger partial charge < -0.3 is 10.2 Å². The van der Waals surface area contributed by atoms with E-state index in [1.165, 1.54) is 43.9 Å². The lowest BCUT2D eigenvalue weighted by atomic mass is 9.95. The van der Waals surface area contributed by atoms with Crippen LogP contribution in [0, 0.1) is 5.82 Å². The van der Waals surface area contributed by atoms with E-state index in [-0.39, 0.29) is 24.1 Å². The molecule has 1 unspecified atom stereocenters. The smallest absolute Gasteiger partial charge is 0.255 e. The van der Waals surface area contributed by atoms with Crippen LogP contribution in [0.4, 0.5) is 4.39 Å². The van der Waals surface area contributed by atoms with Crippen molar-refractivity contribution in [1.29, 1.82) is 0 Å². The Morgan fingerprint density at radius 3 is 2.66 bits per heavy atom. The zero-order chi connectivity index (χ0) is 24.4. The standard InChI is InChI=1S/C27H30FN3O3S/c28-22-13-17(14-29-19-5-2-1-3-6-19)9-10-18(22)16-35-24-8-4-7-20-21(24)15-31(27(20)34)23-11-12-25(32)30-26(23)33/h4,7-10,13,19,23,29H,1-3,5-6,11-12,14-16H2,(H,30,32,33). The molecule has 2 fully saturated rings. The van der Waals surface area contributed by atoms with Gasteiger partial charge in [0.15, 0.2) is 0 Å². The molecular weight excluding hydrogens is 465 g/mol. The van der Waals surface area contributed by atoms with E-state index in [2.05, 4.69) is 10.6 Å². The fraction of sp³-hybridized carbons (Fsp3) is 0.444. The van der Waals surface area contributed by atoms with Gasteiger partial charge in [-0.05, 0) is 54.2 Å². The first-order valence-corrected chi connectivity index (χ1v) is 13.4. The molecule has 0 bridgehead atoms. The molecule has 2 aromatic carbocycles. The second kappa shape index (κ2) is 10.5. The molecule has 0 aromatic heterocycles. The Balaban J connectivity index is 1.23. The van der Waals surface area contributed by atoms with Crippen LogP contribution in [-0.2, 0) is 28.4 Å². The van der Waals surface area contributed by atoms with E-state index in [4.69, 9.17) is 0 Å². The highest BCUT2D eigenvalue weighted by Gasteiger charge is 2.39. The summed E-state index contributed by atoms with van der Waals surface area (Å²) in [5.41, 5.74) is 3.01. The van der Waals surface area contributed by atoms with Crippen LogP contribution in [0.1, 0.15) is 72.0 Å². The zero-order valence-corrected chi connectivity index (χ0v) is 20.5. The third-order valence-electron chi connectivity index (χ3n) is 7.24. The summed E-state index contributed by atoms with van der Waals surface area (Å²) < 4.78 is 14.9. The Morgan fingerprint density at radius 1 is 1.06 bits per heavy atom. The molecule has 1 saturated carbocycles. The monoisotopic (exact) mass is 495 g/mol. The van der Waals surface area contributed by atoms with Crippen molar-refractivity contribution in [2.45, 2.75) is 80.8 Å². The molecule has 2 heterocycles. The van der Waals surface area contributed by atoms with Crippen molar-refractivity contribution in [3.05, 3.63) is 64.5 Å². The van der Waals surface area contributed by atoms with Crippen LogP contribution in [0.5, 0.6) is 0 Å². The van der Waals surface area contributed by atoms with Gasteiger partial charge in [0.2, 0.25) is 11.8 Å². The Bertz CT molecular complexity index is 1150. The topological polar surface area (TPSA) is 78.5 Å². The van der Waals surface area contributed by atoms with Crippen molar-refractivity contribution in [3.63, 3.8) is 0 Å². The molecule has 2 aliphatic heterocycles.